The van der Waals surface area contributed by atoms with Crippen LogP contribution in [-0.2, 0) is 9.59 Å². The molecule has 0 saturated carbocycles. The van der Waals surface area contributed by atoms with Gasteiger partial charge >= 0.3 is 0 Å². The maximum absolute atomic E-state index is 12.2. The van der Waals surface area contributed by atoms with Crippen molar-refractivity contribution in [2.24, 2.45) is 0 Å². The summed E-state index contributed by atoms with van der Waals surface area (Å²) in [5, 5.41) is 5.36. The summed E-state index contributed by atoms with van der Waals surface area (Å²) in [4.78, 5) is 30.3. The minimum absolute atomic E-state index is 0.319. The highest BCUT2D eigenvalue weighted by Gasteiger charge is 2.14. The molecule has 1 unspecified atom stereocenters. The number of benzene rings is 1. The van der Waals surface area contributed by atoms with Crippen LogP contribution in [0.3, 0.4) is 0 Å². The van der Waals surface area contributed by atoms with E-state index in [1.807, 2.05) is 43.3 Å². The lowest BCUT2D eigenvalue weighted by Gasteiger charge is -2.14. The molecule has 1 heterocycles. The molecule has 0 aliphatic heterocycles. The minimum Gasteiger partial charge on any atom is -0.497 e. The number of carbonyl (C=O) groups excluding carboxylic acids is 2. The highest BCUT2D eigenvalue weighted by atomic mass is 16.5. The molecular formula is C20H24N4O3. The quantitative estimate of drug-likeness (QED) is 0.733. The van der Waals surface area contributed by atoms with E-state index in [0.717, 1.165) is 17.1 Å². The van der Waals surface area contributed by atoms with Gasteiger partial charge in [0.25, 0.3) is 0 Å². The molecule has 2 N–H and O–H groups in total. The third kappa shape index (κ3) is 6.14. The van der Waals surface area contributed by atoms with E-state index in [-0.39, 0.29) is 11.8 Å². The zero-order valence-electron chi connectivity index (χ0n) is 15.9. The first-order valence-electron chi connectivity index (χ1n) is 8.46. The number of anilines is 2. The average Bonchev–Trinajstić information content (AvgIpc) is 2.67. The maximum atomic E-state index is 12.2. The van der Waals surface area contributed by atoms with Crippen LogP contribution in [-0.4, -0.2) is 44.0 Å². The lowest BCUT2D eigenvalue weighted by molar-refractivity contribution is -0.123. The highest BCUT2D eigenvalue weighted by molar-refractivity contribution is 5.99. The molecule has 0 fully saturated rings. The van der Waals surface area contributed by atoms with Crippen LogP contribution in [0.4, 0.5) is 11.5 Å². The number of aromatic nitrogens is 1. The Morgan fingerprint density at radius 3 is 2.41 bits per heavy atom. The molecule has 0 saturated heterocycles. The smallest absolute Gasteiger partial charge is 0.246 e. The Balaban J connectivity index is 1.86. The Morgan fingerprint density at radius 1 is 1.15 bits per heavy atom. The van der Waals surface area contributed by atoms with Crippen molar-refractivity contribution < 1.29 is 14.3 Å². The van der Waals surface area contributed by atoms with E-state index < -0.39 is 6.04 Å². The molecule has 0 aliphatic rings. The summed E-state index contributed by atoms with van der Waals surface area (Å²) in [6.45, 7) is 1.62. The summed E-state index contributed by atoms with van der Waals surface area (Å²) in [7, 11) is 5.37. The second kappa shape index (κ2) is 9.38. The molecule has 27 heavy (non-hydrogen) atoms. The number of rotatable bonds is 7. The Hall–Kier alpha value is -3.35. The van der Waals surface area contributed by atoms with Gasteiger partial charge in [-0.25, -0.2) is 4.98 Å². The van der Waals surface area contributed by atoms with Gasteiger partial charge in [-0.3, -0.25) is 9.59 Å². The van der Waals surface area contributed by atoms with Gasteiger partial charge in [0.05, 0.1) is 19.0 Å². The molecule has 0 bridgehead atoms. The van der Waals surface area contributed by atoms with Crippen molar-refractivity contribution in [2.75, 3.05) is 31.4 Å². The van der Waals surface area contributed by atoms with Crippen LogP contribution in [0.15, 0.2) is 48.7 Å². The average molecular weight is 368 g/mol. The normalized spacial score (nSPS) is 11.7. The largest absolute Gasteiger partial charge is 0.497 e. The first kappa shape index (κ1) is 20.0. The fourth-order valence-electron chi connectivity index (χ4n) is 2.19. The van der Waals surface area contributed by atoms with Gasteiger partial charge in [0.1, 0.15) is 17.6 Å². The van der Waals surface area contributed by atoms with Crippen LogP contribution in [0.1, 0.15) is 12.5 Å². The minimum atomic E-state index is -0.688. The number of pyridine rings is 1. The Morgan fingerprint density at radius 2 is 1.85 bits per heavy atom. The molecule has 1 aromatic carbocycles. The molecule has 7 nitrogen and oxygen atoms in total. The molecule has 0 aliphatic carbocycles. The van der Waals surface area contributed by atoms with Gasteiger partial charge in [-0.15, -0.1) is 0 Å². The van der Waals surface area contributed by atoms with Crippen molar-refractivity contribution in [1.29, 1.82) is 0 Å². The Labute approximate surface area is 159 Å². The van der Waals surface area contributed by atoms with Gasteiger partial charge in [-0.1, -0.05) is 12.1 Å². The summed E-state index contributed by atoms with van der Waals surface area (Å²) < 4.78 is 5.09. The summed E-state index contributed by atoms with van der Waals surface area (Å²) in [6, 6.07) is 10.2. The molecule has 142 valence electrons. The third-order valence-electron chi connectivity index (χ3n) is 3.77. The van der Waals surface area contributed by atoms with E-state index in [1.54, 1.807) is 38.4 Å². The SMILES string of the molecule is COc1ccc(/C=C/C(=O)NC(C)C(=O)Nc2ccc(N(C)C)nc2)cc1. The molecule has 1 atom stereocenters. The second-order valence-corrected chi connectivity index (χ2v) is 6.13. The monoisotopic (exact) mass is 368 g/mol. The van der Waals surface area contributed by atoms with E-state index >= 15 is 0 Å². The van der Waals surface area contributed by atoms with E-state index in [2.05, 4.69) is 15.6 Å². The zero-order chi connectivity index (χ0) is 19.8. The number of nitrogens with zero attached hydrogens (tertiary/aromatic N) is 2. The lowest BCUT2D eigenvalue weighted by atomic mass is 10.2. The number of amides is 2. The number of ether oxygens (including phenoxy) is 1. The zero-order valence-corrected chi connectivity index (χ0v) is 15.9. The molecule has 0 spiro atoms. The fourth-order valence-corrected chi connectivity index (χ4v) is 2.19. The molecule has 2 amide bonds. The lowest BCUT2D eigenvalue weighted by Crippen LogP contribution is -2.40. The molecular weight excluding hydrogens is 344 g/mol. The molecule has 7 heteroatoms. The molecule has 0 radical (unpaired) electrons. The maximum Gasteiger partial charge on any atom is 0.246 e. The van der Waals surface area contributed by atoms with E-state index in [4.69, 9.17) is 4.74 Å². The number of hydrogen-bond donors (Lipinski definition) is 2. The van der Waals surface area contributed by atoms with Gasteiger partial charge in [-0.2, -0.15) is 0 Å². The van der Waals surface area contributed by atoms with Crippen molar-refractivity contribution in [1.82, 2.24) is 10.3 Å². The van der Waals surface area contributed by atoms with Gasteiger partial charge in [0, 0.05) is 20.2 Å². The number of hydrogen-bond acceptors (Lipinski definition) is 5. The van der Waals surface area contributed by atoms with Crippen molar-refractivity contribution in [3.8, 4) is 5.75 Å². The van der Waals surface area contributed by atoms with Crippen LogP contribution in [0, 0.1) is 0 Å². The van der Waals surface area contributed by atoms with Crippen molar-refractivity contribution in [3.05, 3.63) is 54.2 Å². The van der Waals surface area contributed by atoms with Crippen LogP contribution in [0.5, 0.6) is 5.75 Å². The van der Waals surface area contributed by atoms with Crippen LogP contribution in [0.2, 0.25) is 0 Å². The fraction of sp³-hybridized carbons (Fsp3) is 0.250. The predicted molar refractivity (Wildman–Crippen MR) is 107 cm³/mol. The predicted octanol–water partition coefficient (Wildman–Crippen LogP) is 2.31. The molecule has 2 aromatic rings. The van der Waals surface area contributed by atoms with Crippen molar-refractivity contribution in [3.63, 3.8) is 0 Å². The number of methoxy groups -OCH3 is 1. The molecule has 1 aromatic heterocycles. The summed E-state index contributed by atoms with van der Waals surface area (Å²) in [5.41, 5.74) is 1.43. The first-order chi connectivity index (χ1) is 12.9. The van der Waals surface area contributed by atoms with E-state index in [9.17, 15) is 9.59 Å². The van der Waals surface area contributed by atoms with E-state index in [0.29, 0.717) is 5.69 Å². The number of carbonyl (C=O) groups is 2. The molecule has 2 rings (SSSR count). The van der Waals surface area contributed by atoms with Gasteiger partial charge < -0.3 is 20.3 Å². The van der Waals surface area contributed by atoms with Gasteiger partial charge in [-0.05, 0) is 42.8 Å². The second-order valence-electron chi connectivity index (χ2n) is 6.13. The Bertz CT molecular complexity index is 799. The van der Waals surface area contributed by atoms with Crippen LogP contribution in [0.25, 0.3) is 6.08 Å². The highest BCUT2D eigenvalue weighted by Crippen LogP contribution is 2.13. The Kier molecular flexibility index (Phi) is 6.93. The van der Waals surface area contributed by atoms with Crippen molar-refractivity contribution in [2.45, 2.75) is 13.0 Å². The number of nitrogens with one attached hydrogen (secondary N) is 2. The van der Waals surface area contributed by atoms with Gasteiger partial charge in [0.2, 0.25) is 11.8 Å². The first-order valence-corrected chi connectivity index (χ1v) is 8.46. The van der Waals surface area contributed by atoms with Crippen molar-refractivity contribution >= 4 is 29.4 Å². The summed E-state index contributed by atoms with van der Waals surface area (Å²) in [5.74, 6) is 0.864. The van der Waals surface area contributed by atoms with Crippen LogP contribution >= 0.6 is 0 Å². The third-order valence-corrected chi connectivity index (χ3v) is 3.77. The topological polar surface area (TPSA) is 83.6 Å². The standard InChI is InChI=1S/C20H24N4O3/c1-14(20(26)23-16-8-11-18(21-13-16)24(2)3)22-19(25)12-7-15-5-9-17(27-4)10-6-15/h5-14H,1-4H3,(H,22,25)(H,23,26)/b12-7+. The summed E-state index contributed by atoms with van der Waals surface area (Å²) >= 11 is 0. The van der Waals surface area contributed by atoms with Crippen LogP contribution < -0.4 is 20.3 Å². The van der Waals surface area contributed by atoms with E-state index in [1.165, 1.54) is 6.08 Å². The van der Waals surface area contributed by atoms with Gasteiger partial charge in [0.15, 0.2) is 0 Å². The summed E-state index contributed by atoms with van der Waals surface area (Å²) in [6.07, 6.45) is 4.63.